The third-order valence-corrected chi connectivity index (χ3v) is 2.78. The molecule has 1 aromatic carbocycles. The first-order chi connectivity index (χ1) is 8.11. The zero-order chi connectivity index (χ0) is 12.4. The number of rotatable bonds is 3. The zero-order valence-corrected chi connectivity index (χ0v) is 10.3. The molecule has 0 saturated carbocycles. The average molecular weight is 232 g/mol. The summed E-state index contributed by atoms with van der Waals surface area (Å²) >= 11 is 0. The number of carbonyl (C=O) groups is 1. The Morgan fingerprint density at radius 2 is 1.94 bits per heavy atom. The molecule has 0 N–H and O–H groups in total. The Kier molecular flexibility index (Phi) is 3.13. The van der Waals surface area contributed by atoms with Gasteiger partial charge in [-0.05, 0) is 30.2 Å². The first kappa shape index (κ1) is 11.6. The highest BCUT2D eigenvalue weighted by Crippen LogP contribution is 2.24. The summed E-state index contributed by atoms with van der Waals surface area (Å²) in [5, 5.41) is 5.82. The minimum Gasteiger partial charge on any atom is -0.497 e. The summed E-state index contributed by atoms with van der Waals surface area (Å²) in [6.45, 7) is 4.09. The molecule has 0 unspecified atom stereocenters. The van der Waals surface area contributed by atoms with Crippen LogP contribution in [0.5, 0.6) is 5.75 Å². The number of ether oxygens (including phenoxy) is 1. The molecule has 0 radical (unpaired) electrons. The second-order valence-corrected chi connectivity index (χ2v) is 4.33. The number of hydrogen-bond acceptors (Lipinski definition) is 3. The minimum atomic E-state index is 0.0267. The van der Waals surface area contributed by atoms with Gasteiger partial charge >= 0.3 is 0 Å². The molecule has 0 aromatic heterocycles. The number of nitrogens with zero attached hydrogens (tertiary/aromatic N) is 2. The van der Waals surface area contributed by atoms with Crippen LogP contribution < -0.4 is 9.75 Å². The van der Waals surface area contributed by atoms with Crippen LogP contribution in [0, 0.1) is 5.92 Å². The van der Waals surface area contributed by atoms with E-state index >= 15 is 0 Å². The van der Waals surface area contributed by atoms with Crippen molar-refractivity contribution in [2.45, 2.75) is 20.3 Å². The van der Waals surface area contributed by atoms with Crippen LogP contribution in [0.1, 0.15) is 20.3 Å². The summed E-state index contributed by atoms with van der Waals surface area (Å²) < 4.78 is 5.08. The van der Waals surface area contributed by atoms with Gasteiger partial charge in [-0.15, -0.1) is 0 Å². The van der Waals surface area contributed by atoms with E-state index in [0.29, 0.717) is 12.3 Å². The van der Waals surface area contributed by atoms with Gasteiger partial charge in [-0.3, -0.25) is 4.79 Å². The number of hydrazone groups is 1. The third kappa shape index (κ3) is 2.30. The molecule has 17 heavy (non-hydrogen) atoms. The van der Waals surface area contributed by atoms with Crippen molar-refractivity contribution in [1.29, 1.82) is 0 Å². The Balaban J connectivity index is 2.24. The Morgan fingerprint density at radius 3 is 2.41 bits per heavy atom. The van der Waals surface area contributed by atoms with Crippen molar-refractivity contribution in [2.75, 3.05) is 12.1 Å². The van der Waals surface area contributed by atoms with Crippen LogP contribution in [0.25, 0.3) is 0 Å². The molecule has 4 nitrogen and oxygen atoms in total. The van der Waals surface area contributed by atoms with E-state index in [-0.39, 0.29) is 5.91 Å². The van der Waals surface area contributed by atoms with Crippen molar-refractivity contribution in [3.05, 3.63) is 24.3 Å². The Morgan fingerprint density at radius 1 is 1.29 bits per heavy atom. The highest BCUT2D eigenvalue weighted by atomic mass is 16.5. The van der Waals surface area contributed by atoms with Crippen molar-refractivity contribution in [2.24, 2.45) is 11.0 Å². The maximum absolute atomic E-state index is 11.8. The molecule has 1 aliphatic rings. The lowest BCUT2D eigenvalue weighted by Gasteiger charge is -2.11. The summed E-state index contributed by atoms with van der Waals surface area (Å²) in [5.41, 5.74) is 1.72. The van der Waals surface area contributed by atoms with Gasteiger partial charge in [0, 0.05) is 0 Å². The summed E-state index contributed by atoms with van der Waals surface area (Å²) in [7, 11) is 1.62. The highest BCUT2D eigenvalue weighted by molar-refractivity contribution is 6.13. The quantitative estimate of drug-likeness (QED) is 0.803. The molecule has 1 heterocycles. The summed E-state index contributed by atoms with van der Waals surface area (Å²) in [4.78, 5) is 11.8. The first-order valence-electron chi connectivity index (χ1n) is 5.66. The smallest absolute Gasteiger partial charge is 0.253 e. The lowest BCUT2D eigenvalue weighted by Crippen LogP contribution is -2.19. The molecule has 1 aromatic rings. The van der Waals surface area contributed by atoms with Crippen LogP contribution in [0.2, 0.25) is 0 Å². The van der Waals surface area contributed by atoms with Gasteiger partial charge in [0.1, 0.15) is 5.75 Å². The van der Waals surface area contributed by atoms with E-state index in [1.165, 1.54) is 5.01 Å². The van der Waals surface area contributed by atoms with Gasteiger partial charge < -0.3 is 4.74 Å². The maximum Gasteiger partial charge on any atom is 0.253 e. The van der Waals surface area contributed by atoms with E-state index in [1.54, 1.807) is 7.11 Å². The molecule has 0 spiro atoms. The second kappa shape index (κ2) is 4.57. The fraction of sp³-hybridized carbons (Fsp3) is 0.385. The van der Waals surface area contributed by atoms with Gasteiger partial charge in [0.05, 0.1) is 24.9 Å². The highest BCUT2D eigenvalue weighted by Gasteiger charge is 2.26. The van der Waals surface area contributed by atoms with Crippen LogP contribution >= 0.6 is 0 Å². The number of anilines is 1. The Labute approximate surface area is 101 Å². The summed E-state index contributed by atoms with van der Waals surface area (Å²) in [5.74, 6) is 1.11. The standard InChI is InChI=1S/C13H16N2O2/c1-9(2)12-8-13(16)15(14-12)10-4-6-11(17-3)7-5-10/h4-7,9H,8H2,1-3H3. The van der Waals surface area contributed by atoms with E-state index in [0.717, 1.165) is 17.1 Å². The van der Waals surface area contributed by atoms with Crippen molar-refractivity contribution < 1.29 is 9.53 Å². The van der Waals surface area contributed by atoms with E-state index in [4.69, 9.17) is 4.74 Å². The Hall–Kier alpha value is -1.84. The fourth-order valence-corrected chi connectivity index (χ4v) is 1.69. The molecule has 0 fully saturated rings. The van der Waals surface area contributed by atoms with Crippen molar-refractivity contribution >= 4 is 17.3 Å². The second-order valence-electron chi connectivity index (χ2n) is 4.33. The molecule has 1 aliphatic heterocycles. The maximum atomic E-state index is 11.8. The van der Waals surface area contributed by atoms with Crippen LogP contribution in [0.4, 0.5) is 5.69 Å². The van der Waals surface area contributed by atoms with Crippen molar-refractivity contribution in [1.82, 2.24) is 0 Å². The number of amides is 1. The topological polar surface area (TPSA) is 41.9 Å². The van der Waals surface area contributed by atoms with Crippen molar-refractivity contribution in [3.63, 3.8) is 0 Å². The van der Waals surface area contributed by atoms with E-state index in [2.05, 4.69) is 5.10 Å². The molecule has 1 amide bonds. The van der Waals surface area contributed by atoms with E-state index < -0.39 is 0 Å². The van der Waals surface area contributed by atoms with Gasteiger partial charge in [0.2, 0.25) is 0 Å². The average Bonchev–Trinajstić information content (AvgIpc) is 2.72. The van der Waals surface area contributed by atoms with E-state index in [1.807, 2.05) is 38.1 Å². The molecular formula is C13H16N2O2. The van der Waals surface area contributed by atoms with E-state index in [9.17, 15) is 4.79 Å². The van der Waals surface area contributed by atoms with Gasteiger partial charge in [0.25, 0.3) is 5.91 Å². The molecule has 90 valence electrons. The number of methoxy groups -OCH3 is 1. The molecule has 0 atom stereocenters. The molecule has 4 heteroatoms. The van der Waals surface area contributed by atoms with Crippen LogP contribution in [-0.4, -0.2) is 18.7 Å². The minimum absolute atomic E-state index is 0.0267. The zero-order valence-electron chi connectivity index (χ0n) is 10.3. The number of carbonyl (C=O) groups excluding carboxylic acids is 1. The monoisotopic (exact) mass is 232 g/mol. The van der Waals surface area contributed by atoms with Crippen molar-refractivity contribution in [3.8, 4) is 5.75 Å². The largest absolute Gasteiger partial charge is 0.497 e. The number of benzene rings is 1. The van der Waals surface area contributed by atoms with Crippen LogP contribution in [0.15, 0.2) is 29.4 Å². The molecular weight excluding hydrogens is 216 g/mol. The molecule has 0 bridgehead atoms. The summed E-state index contributed by atoms with van der Waals surface area (Å²) in [6, 6.07) is 7.32. The Bertz CT molecular complexity index is 449. The first-order valence-corrected chi connectivity index (χ1v) is 5.66. The van der Waals surface area contributed by atoms with Crippen LogP contribution in [0.3, 0.4) is 0 Å². The molecule has 2 rings (SSSR count). The lowest BCUT2D eigenvalue weighted by atomic mass is 10.1. The SMILES string of the molecule is COc1ccc(N2N=C(C(C)C)CC2=O)cc1. The third-order valence-electron chi connectivity index (χ3n) is 2.78. The van der Waals surface area contributed by atoms with Gasteiger partial charge in [0.15, 0.2) is 0 Å². The molecule has 0 aliphatic carbocycles. The predicted molar refractivity (Wildman–Crippen MR) is 67.4 cm³/mol. The normalized spacial score (nSPS) is 15.4. The van der Waals surface area contributed by atoms with Gasteiger partial charge in [-0.1, -0.05) is 13.8 Å². The van der Waals surface area contributed by atoms with Gasteiger partial charge in [-0.25, -0.2) is 5.01 Å². The summed E-state index contributed by atoms with van der Waals surface area (Å²) in [6.07, 6.45) is 0.420. The fourth-order valence-electron chi connectivity index (χ4n) is 1.69. The number of hydrogen-bond donors (Lipinski definition) is 0. The molecule has 0 saturated heterocycles. The van der Waals surface area contributed by atoms with Crippen LogP contribution in [-0.2, 0) is 4.79 Å². The van der Waals surface area contributed by atoms with Gasteiger partial charge in [-0.2, -0.15) is 5.10 Å². The lowest BCUT2D eigenvalue weighted by molar-refractivity contribution is -0.116. The predicted octanol–water partition coefficient (Wildman–Crippen LogP) is 2.44.